The number of fused-ring (bicyclic) bond motifs is 2. The SMILES string of the molecule is CC12CC(C3CCC4OC4(C)C3)CCC1O2.CC1=CCCC(C2CCC=C(C)C2)C1. The lowest BCUT2D eigenvalue weighted by atomic mass is 9.69. The zero-order valence-corrected chi connectivity index (χ0v) is 19.9. The van der Waals surface area contributed by atoms with E-state index in [0.29, 0.717) is 12.2 Å². The van der Waals surface area contributed by atoms with Crippen molar-refractivity contribution in [3.63, 3.8) is 0 Å². The average molecular weight is 413 g/mol. The van der Waals surface area contributed by atoms with E-state index in [1.54, 1.807) is 11.1 Å². The predicted octanol–water partition coefficient (Wildman–Crippen LogP) is 7.38. The van der Waals surface area contributed by atoms with Gasteiger partial charge < -0.3 is 9.47 Å². The molecular formula is C28H44O2. The molecule has 0 N–H and O–H groups in total. The molecule has 2 nitrogen and oxygen atoms in total. The molecule has 2 heteroatoms. The van der Waals surface area contributed by atoms with E-state index in [-0.39, 0.29) is 11.2 Å². The minimum Gasteiger partial charge on any atom is -0.366 e. The first-order valence-corrected chi connectivity index (χ1v) is 13.0. The Bertz CT molecular complexity index is 647. The van der Waals surface area contributed by atoms with Gasteiger partial charge in [0.25, 0.3) is 0 Å². The first-order chi connectivity index (χ1) is 14.3. The highest BCUT2D eigenvalue weighted by Gasteiger charge is 2.60. The summed E-state index contributed by atoms with van der Waals surface area (Å²) in [6.07, 6.45) is 22.4. The topological polar surface area (TPSA) is 25.1 Å². The Labute approximate surface area is 184 Å². The van der Waals surface area contributed by atoms with Gasteiger partial charge in [0.1, 0.15) is 0 Å². The molecule has 2 saturated carbocycles. The molecule has 0 amide bonds. The highest BCUT2D eigenvalue weighted by molar-refractivity contribution is 5.10. The Morgan fingerprint density at radius 2 is 1.07 bits per heavy atom. The molecule has 30 heavy (non-hydrogen) atoms. The minimum absolute atomic E-state index is 0.269. The molecule has 168 valence electrons. The fraction of sp³-hybridized carbons (Fsp3) is 0.857. The fourth-order valence-electron chi connectivity index (χ4n) is 7.54. The quantitative estimate of drug-likeness (QED) is 0.349. The van der Waals surface area contributed by atoms with Gasteiger partial charge in [-0.1, -0.05) is 23.3 Å². The predicted molar refractivity (Wildman–Crippen MR) is 123 cm³/mol. The van der Waals surface area contributed by atoms with E-state index >= 15 is 0 Å². The molecule has 6 rings (SSSR count). The summed E-state index contributed by atoms with van der Waals surface area (Å²) in [6, 6.07) is 0. The second kappa shape index (κ2) is 8.07. The van der Waals surface area contributed by atoms with Crippen molar-refractivity contribution < 1.29 is 9.47 Å². The summed E-state index contributed by atoms with van der Waals surface area (Å²) in [5, 5.41) is 0. The summed E-state index contributed by atoms with van der Waals surface area (Å²) in [6.45, 7) is 9.23. The summed E-state index contributed by atoms with van der Waals surface area (Å²) in [4.78, 5) is 0. The third-order valence-corrected chi connectivity index (χ3v) is 9.57. The molecule has 0 aromatic carbocycles. The summed E-state index contributed by atoms with van der Waals surface area (Å²) in [5.41, 5.74) is 3.80. The van der Waals surface area contributed by atoms with Crippen LogP contribution in [0.15, 0.2) is 23.3 Å². The van der Waals surface area contributed by atoms with Crippen LogP contribution in [0.4, 0.5) is 0 Å². The van der Waals surface area contributed by atoms with Gasteiger partial charge in [-0.2, -0.15) is 0 Å². The van der Waals surface area contributed by atoms with E-state index in [9.17, 15) is 0 Å². The first kappa shape index (κ1) is 21.3. The van der Waals surface area contributed by atoms with Crippen LogP contribution in [0.3, 0.4) is 0 Å². The van der Waals surface area contributed by atoms with Crippen LogP contribution in [-0.4, -0.2) is 23.4 Å². The zero-order valence-electron chi connectivity index (χ0n) is 19.9. The van der Waals surface area contributed by atoms with Crippen LogP contribution >= 0.6 is 0 Å². The van der Waals surface area contributed by atoms with Gasteiger partial charge in [0, 0.05) is 0 Å². The molecule has 8 atom stereocenters. The van der Waals surface area contributed by atoms with Crippen LogP contribution < -0.4 is 0 Å². The van der Waals surface area contributed by atoms with E-state index in [1.165, 1.54) is 77.0 Å². The lowest BCUT2D eigenvalue weighted by Gasteiger charge is -2.34. The Balaban J connectivity index is 0.000000130. The molecule has 4 aliphatic carbocycles. The summed E-state index contributed by atoms with van der Waals surface area (Å²) < 4.78 is 11.6. The molecule has 6 aliphatic rings. The summed E-state index contributed by atoms with van der Waals surface area (Å²) >= 11 is 0. The molecule has 0 bridgehead atoms. The lowest BCUT2D eigenvalue weighted by Crippen LogP contribution is -2.32. The van der Waals surface area contributed by atoms with Gasteiger partial charge in [0.05, 0.1) is 23.4 Å². The van der Waals surface area contributed by atoms with Crippen LogP contribution in [0.2, 0.25) is 0 Å². The Kier molecular flexibility index (Phi) is 5.72. The van der Waals surface area contributed by atoms with E-state index in [1.807, 2.05) is 0 Å². The van der Waals surface area contributed by atoms with Gasteiger partial charge >= 0.3 is 0 Å². The van der Waals surface area contributed by atoms with Crippen molar-refractivity contribution in [3.8, 4) is 0 Å². The number of allylic oxidation sites excluding steroid dienone is 4. The average Bonchev–Trinajstić information content (AvgIpc) is 3.60. The maximum atomic E-state index is 5.82. The maximum absolute atomic E-state index is 5.82. The van der Waals surface area contributed by atoms with Crippen molar-refractivity contribution in [2.24, 2.45) is 23.7 Å². The van der Waals surface area contributed by atoms with Crippen molar-refractivity contribution >= 4 is 0 Å². The molecule has 8 unspecified atom stereocenters. The fourth-order valence-corrected chi connectivity index (χ4v) is 7.54. The highest BCUT2D eigenvalue weighted by Crippen LogP contribution is 2.57. The summed E-state index contributed by atoms with van der Waals surface area (Å²) in [5.74, 6) is 3.80. The van der Waals surface area contributed by atoms with Crippen molar-refractivity contribution in [1.29, 1.82) is 0 Å². The molecule has 0 radical (unpaired) electrons. The highest BCUT2D eigenvalue weighted by atomic mass is 16.6. The van der Waals surface area contributed by atoms with Crippen LogP contribution in [-0.2, 0) is 9.47 Å². The normalized spacial score (nSPS) is 49.5. The van der Waals surface area contributed by atoms with Crippen molar-refractivity contribution in [3.05, 3.63) is 23.3 Å². The zero-order chi connectivity index (χ0) is 20.9. The summed E-state index contributed by atoms with van der Waals surface area (Å²) in [7, 11) is 0. The number of hydrogen-bond acceptors (Lipinski definition) is 2. The van der Waals surface area contributed by atoms with Gasteiger partial charge in [-0.15, -0.1) is 0 Å². The number of hydrogen-bond donors (Lipinski definition) is 0. The van der Waals surface area contributed by atoms with Gasteiger partial charge in [-0.3, -0.25) is 0 Å². The van der Waals surface area contributed by atoms with E-state index < -0.39 is 0 Å². The number of ether oxygens (including phenoxy) is 2. The Morgan fingerprint density at radius 1 is 0.633 bits per heavy atom. The van der Waals surface area contributed by atoms with Crippen molar-refractivity contribution in [2.75, 3.05) is 0 Å². The molecule has 2 heterocycles. The van der Waals surface area contributed by atoms with Crippen LogP contribution in [0.5, 0.6) is 0 Å². The number of rotatable bonds is 2. The third kappa shape index (κ3) is 4.46. The molecule has 0 aromatic heterocycles. The lowest BCUT2D eigenvalue weighted by molar-refractivity contribution is 0.164. The van der Waals surface area contributed by atoms with Crippen molar-refractivity contribution in [1.82, 2.24) is 0 Å². The molecular weight excluding hydrogens is 368 g/mol. The van der Waals surface area contributed by atoms with E-state index in [0.717, 1.165) is 23.7 Å². The Hall–Kier alpha value is -0.600. The van der Waals surface area contributed by atoms with Gasteiger partial charge in [0.2, 0.25) is 0 Å². The molecule has 2 aliphatic heterocycles. The molecule has 4 fully saturated rings. The third-order valence-electron chi connectivity index (χ3n) is 9.57. The van der Waals surface area contributed by atoms with Gasteiger partial charge in [-0.25, -0.2) is 0 Å². The van der Waals surface area contributed by atoms with Crippen LogP contribution in [0.25, 0.3) is 0 Å². The van der Waals surface area contributed by atoms with Crippen LogP contribution in [0.1, 0.15) is 105 Å². The largest absolute Gasteiger partial charge is 0.366 e. The smallest absolute Gasteiger partial charge is 0.0923 e. The first-order valence-electron chi connectivity index (χ1n) is 13.0. The van der Waals surface area contributed by atoms with E-state index in [2.05, 4.69) is 39.8 Å². The monoisotopic (exact) mass is 412 g/mol. The Morgan fingerprint density at radius 3 is 1.43 bits per heavy atom. The molecule has 2 saturated heterocycles. The van der Waals surface area contributed by atoms with E-state index in [4.69, 9.17) is 9.47 Å². The second-order valence-corrected chi connectivity index (χ2v) is 12.1. The molecule has 0 aromatic rings. The molecule has 0 spiro atoms. The standard InChI is InChI=1S/C14H22O2.C14H22/c1-13-7-9(3-5-11(13)15-13)10-4-6-12-14(2,8-10)16-12;1-11-5-3-7-13(9-11)14-8-4-6-12(2)10-14/h9-12H,3-8H2,1-2H3;5-6,13-14H,3-4,7-10H2,1-2H3. The van der Waals surface area contributed by atoms with Gasteiger partial charge in [0.15, 0.2) is 0 Å². The maximum Gasteiger partial charge on any atom is 0.0923 e. The minimum atomic E-state index is 0.269. The second-order valence-electron chi connectivity index (χ2n) is 12.1. The van der Waals surface area contributed by atoms with Crippen molar-refractivity contribution in [2.45, 2.75) is 128 Å². The number of epoxide rings is 2. The van der Waals surface area contributed by atoms with Crippen LogP contribution in [0, 0.1) is 23.7 Å². The van der Waals surface area contributed by atoms with Gasteiger partial charge in [-0.05, 0) is 128 Å².